The number of rotatable bonds is 3. The first-order chi connectivity index (χ1) is 10.2. The second-order valence-corrected chi connectivity index (χ2v) is 6.86. The lowest BCUT2D eigenvalue weighted by Gasteiger charge is -2.38. The Labute approximate surface area is 130 Å². The second kappa shape index (κ2) is 6.24. The van der Waals surface area contributed by atoms with Crippen LogP contribution in [0.15, 0.2) is 4.52 Å². The van der Waals surface area contributed by atoms with Crippen molar-refractivity contribution in [1.82, 2.24) is 15.0 Å². The Balaban J connectivity index is 2.00. The minimum Gasteiger partial charge on any atom is -0.444 e. The van der Waals surface area contributed by atoms with Gasteiger partial charge in [-0.3, -0.25) is 0 Å². The molecule has 1 N–H and O–H groups in total. The summed E-state index contributed by atoms with van der Waals surface area (Å²) in [6.45, 7) is 8.21. The largest absolute Gasteiger partial charge is 0.444 e. The van der Waals surface area contributed by atoms with Gasteiger partial charge in [0.2, 0.25) is 5.89 Å². The SMILES string of the molecule is CCc1noc(CC2(O)CCCN(C(=O)OC(C)(C)C)C2)n1. The highest BCUT2D eigenvalue weighted by Crippen LogP contribution is 2.26. The molecule has 0 radical (unpaired) electrons. The van der Waals surface area contributed by atoms with Gasteiger partial charge >= 0.3 is 6.09 Å². The summed E-state index contributed by atoms with van der Waals surface area (Å²) in [5.41, 5.74) is -1.60. The van der Waals surface area contributed by atoms with E-state index >= 15 is 0 Å². The smallest absolute Gasteiger partial charge is 0.410 e. The Morgan fingerprint density at radius 2 is 2.23 bits per heavy atom. The van der Waals surface area contributed by atoms with Crippen molar-refractivity contribution >= 4 is 6.09 Å². The topological polar surface area (TPSA) is 88.7 Å². The molecule has 1 amide bonds. The lowest BCUT2D eigenvalue weighted by molar-refractivity contribution is -0.0458. The molecule has 1 aliphatic rings. The molecule has 1 aliphatic heterocycles. The Hall–Kier alpha value is -1.63. The molecule has 2 heterocycles. The van der Waals surface area contributed by atoms with Crippen molar-refractivity contribution < 1.29 is 19.2 Å². The Bertz CT molecular complexity index is 523. The summed E-state index contributed by atoms with van der Waals surface area (Å²) in [6.07, 6.45) is 1.84. The van der Waals surface area contributed by atoms with Crippen LogP contribution in [-0.4, -0.2) is 50.5 Å². The van der Waals surface area contributed by atoms with Gasteiger partial charge in [0.15, 0.2) is 5.82 Å². The molecule has 0 spiro atoms. The van der Waals surface area contributed by atoms with Gasteiger partial charge in [-0.1, -0.05) is 12.1 Å². The third kappa shape index (κ3) is 4.43. The van der Waals surface area contributed by atoms with E-state index in [1.165, 1.54) is 0 Å². The van der Waals surface area contributed by atoms with E-state index in [-0.39, 0.29) is 13.0 Å². The van der Waals surface area contributed by atoms with E-state index in [1.807, 2.05) is 27.7 Å². The van der Waals surface area contributed by atoms with Gasteiger partial charge in [0, 0.05) is 13.0 Å². The molecule has 7 nitrogen and oxygen atoms in total. The summed E-state index contributed by atoms with van der Waals surface area (Å²) in [5, 5.41) is 14.6. The van der Waals surface area contributed by atoms with Crippen LogP contribution in [0.2, 0.25) is 0 Å². The van der Waals surface area contributed by atoms with Crippen LogP contribution in [0.1, 0.15) is 52.3 Å². The number of amides is 1. The molecule has 0 bridgehead atoms. The normalized spacial score (nSPS) is 22.7. The Kier molecular flexibility index (Phi) is 4.75. The van der Waals surface area contributed by atoms with E-state index in [0.29, 0.717) is 37.5 Å². The maximum absolute atomic E-state index is 12.1. The van der Waals surface area contributed by atoms with Gasteiger partial charge < -0.3 is 19.3 Å². The number of aliphatic hydroxyl groups is 1. The first kappa shape index (κ1) is 16.7. The van der Waals surface area contributed by atoms with Crippen LogP contribution in [0.25, 0.3) is 0 Å². The summed E-state index contributed by atoms with van der Waals surface area (Å²) < 4.78 is 10.5. The van der Waals surface area contributed by atoms with E-state index in [0.717, 1.165) is 0 Å². The molecule has 1 atom stereocenters. The van der Waals surface area contributed by atoms with Gasteiger partial charge in [0.1, 0.15) is 5.60 Å². The van der Waals surface area contributed by atoms with Crippen molar-refractivity contribution in [3.8, 4) is 0 Å². The van der Waals surface area contributed by atoms with Crippen LogP contribution in [0.5, 0.6) is 0 Å². The molecule has 0 saturated carbocycles. The molecule has 1 aromatic heterocycles. The number of ether oxygens (including phenoxy) is 1. The molecular formula is C15H25N3O4. The number of aromatic nitrogens is 2. The van der Waals surface area contributed by atoms with Crippen LogP contribution < -0.4 is 0 Å². The third-order valence-electron chi connectivity index (χ3n) is 3.51. The van der Waals surface area contributed by atoms with Gasteiger partial charge in [0.25, 0.3) is 0 Å². The highest BCUT2D eigenvalue weighted by atomic mass is 16.6. The zero-order valence-electron chi connectivity index (χ0n) is 13.8. The van der Waals surface area contributed by atoms with E-state index in [9.17, 15) is 9.90 Å². The monoisotopic (exact) mass is 311 g/mol. The average molecular weight is 311 g/mol. The fourth-order valence-electron chi connectivity index (χ4n) is 2.53. The maximum Gasteiger partial charge on any atom is 0.410 e. The minimum atomic E-state index is -1.05. The maximum atomic E-state index is 12.1. The molecule has 1 saturated heterocycles. The van der Waals surface area contributed by atoms with Crippen molar-refractivity contribution in [3.63, 3.8) is 0 Å². The van der Waals surface area contributed by atoms with Crippen LogP contribution in [0, 0.1) is 0 Å². The number of likely N-dealkylation sites (tertiary alicyclic amines) is 1. The van der Waals surface area contributed by atoms with Crippen molar-refractivity contribution in [1.29, 1.82) is 0 Å². The lowest BCUT2D eigenvalue weighted by atomic mass is 9.90. The fraction of sp³-hybridized carbons (Fsp3) is 0.800. The molecule has 0 aromatic carbocycles. The van der Waals surface area contributed by atoms with Gasteiger partial charge in [-0.05, 0) is 33.6 Å². The van der Waals surface area contributed by atoms with Crippen LogP contribution in [0.4, 0.5) is 4.79 Å². The number of piperidine rings is 1. The van der Waals surface area contributed by atoms with E-state index in [2.05, 4.69) is 10.1 Å². The molecular weight excluding hydrogens is 286 g/mol. The Morgan fingerprint density at radius 1 is 1.50 bits per heavy atom. The molecule has 1 unspecified atom stereocenters. The van der Waals surface area contributed by atoms with Crippen LogP contribution in [0.3, 0.4) is 0 Å². The first-order valence-corrected chi connectivity index (χ1v) is 7.72. The molecule has 7 heteroatoms. The van der Waals surface area contributed by atoms with E-state index < -0.39 is 17.3 Å². The van der Waals surface area contributed by atoms with Crippen molar-refractivity contribution in [2.75, 3.05) is 13.1 Å². The first-order valence-electron chi connectivity index (χ1n) is 7.72. The highest BCUT2D eigenvalue weighted by Gasteiger charge is 2.38. The molecule has 22 heavy (non-hydrogen) atoms. The quantitative estimate of drug-likeness (QED) is 0.917. The number of carbonyl (C=O) groups is 1. The molecule has 2 rings (SSSR count). The van der Waals surface area contributed by atoms with Crippen molar-refractivity contribution in [3.05, 3.63) is 11.7 Å². The predicted molar refractivity (Wildman–Crippen MR) is 79.4 cm³/mol. The summed E-state index contributed by atoms with van der Waals surface area (Å²) in [7, 11) is 0. The Morgan fingerprint density at radius 3 is 2.82 bits per heavy atom. The van der Waals surface area contributed by atoms with Crippen LogP contribution in [-0.2, 0) is 17.6 Å². The zero-order chi connectivity index (χ0) is 16.4. The van der Waals surface area contributed by atoms with E-state index in [1.54, 1.807) is 4.90 Å². The lowest BCUT2D eigenvalue weighted by Crippen LogP contribution is -2.52. The summed E-state index contributed by atoms with van der Waals surface area (Å²) in [4.78, 5) is 17.9. The number of carbonyl (C=O) groups excluding carboxylic acids is 1. The summed E-state index contributed by atoms with van der Waals surface area (Å²) >= 11 is 0. The van der Waals surface area contributed by atoms with Gasteiger partial charge in [-0.15, -0.1) is 0 Å². The van der Waals surface area contributed by atoms with Gasteiger partial charge in [-0.2, -0.15) is 4.98 Å². The molecule has 1 fully saturated rings. The highest BCUT2D eigenvalue weighted by molar-refractivity contribution is 5.68. The number of β-amino-alcohol motifs (C(OH)–C–C–N with tert-alkyl or cyclic N) is 1. The van der Waals surface area contributed by atoms with Crippen molar-refractivity contribution in [2.45, 2.75) is 64.6 Å². The van der Waals surface area contributed by atoms with Gasteiger partial charge in [-0.25, -0.2) is 4.79 Å². The van der Waals surface area contributed by atoms with E-state index in [4.69, 9.17) is 9.26 Å². The summed E-state index contributed by atoms with van der Waals surface area (Å²) in [6, 6.07) is 0. The molecule has 0 aliphatic carbocycles. The molecule has 1 aromatic rings. The summed E-state index contributed by atoms with van der Waals surface area (Å²) in [5.74, 6) is 1.03. The number of nitrogens with zero attached hydrogens (tertiary/aromatic N) is 3. The number of hydrogen-bond donors (Lipinski definition) is 1. The van der Waals surface area contributed by atoms with Crippen LogP contribution >= 0.6 is 0 Å². The standard InChI is InChI=1S/C15H25N3O4/c1-5-11-16-12(22-17-11)9-15(20)7-6-8-18(10-15)13(19)21-14(2,3)4/h20H,5-10H2,1-4H3. The third-order valence-corrected chi connectivity index (χ3v) is 3.51. The number of hydrogen-bond acceptors (Lipinski definition) is 6. The average Bonchev–Trinajstić information content (AvgIpc) is 2.83. The fourth-order valence-corrected chi connectivity index (χ4v) is 2.53. The predicted octanol–water partition coefficient (Wildman–Crippen LogP) is 1.94. The number of aryl methyl sites for hydroxylation is 1. The second-order valence-electron chi connectivity index (χ2n) is 6.86. The zero-order valence-corrected chi connectivity index (χ0v) is 13.8. The van der Waals surface area contributed by atoms with Crippen molar-refractivity contribution in [2.24, 2.45) is 0 Å². The molecule has 124 valence electrons. The minimum absolute atomic E-state index is 0.214. The van der Waals surface area contributed by atoms with Gasteiger partial charge in [0.05, 0.1) is 18.6 Å².